The Kier molecular flexibility index (Phi) is 6.70. The van der Waals surface area contributed by atoms with E-state index >= 15 is 0 Å². The summed E-state index contributed by atoms with van der Waals surface area (Å²) >= 11 is 3.56. The van der Waals surface area contributed by atoms with Crippen molar-refractivity contribution in [3.63, 3.8) is 0 Å². The van der Waals surface area contributed by atoms with E-state index in [2.05, 4.69) is 15.9 Å². The molecule has 0 spiro atoms. The number of halogens is 1. The average molecular weight is 413 g/mol. The Morgan fingerprint density at radius 1 is 1.08 bits per heavy atom. The van der Waals surface area contributed by atoms with Crippen molar-refractivity contribution in [2.75, 3.05) is 39.4 Å². The maximum atomic E-state index is 12.4. The molecule has 0 aliphatic carbocycles. The number of hydrogen-bond donors (Lipinski definition) is 0. The van der Waals surface area contributed by atoms with Gasteiger partial charge in [0, 0.05) is 30.7 Å². The third kappa shape index (κ3) is 4.66. The number of rotatable bonds is 4. The molecule has 0 bridgehead atoms. The quantitative estimate of drug-likeness (QED) is 0.762. The molecule has 0 aromatic heterocycles. The molecule has 1 aromatic carbocycles. The Hall–Kier alpha value is -1.76. The zero-order chi connectivity index (χ0) is 18.6. The summed E-state index contributed by atoms with van der Waals surface area (Å²) in [6.45, 7) is 10.1. The van der Waals surface area contributed by atoms with Gasteiger partial charge in [-0.1, -0.05) is 15.9 Å². The van der Waals surface area contributed by atoms with Crippen LogP contribution in [0.15, 0.2) is 10.5 Å². The standard InChI is InChI=1S/C18H25BrN2O4/c1-5-24-18(23)21-8-6-20(7-9-21)16(22)11-25-15-10-12(2)17(19)14(4)13(15)3/h10H,5-9,11H2,1-4H3. The number of benzene rings is 1. The lowest BCUT2D eigenvalue weighted by molar-refractivity contribution is -0.134. The highest BCUT2D eigenvalue weighted by atomic mass is 79.9. The van der Waals surface area contributed by atoms with Crippen molar-refractivity contribution < 1.29 is 19.1 Å². The minimum Gasteiger partial charge on any atom is -0.483 e. The number of aryl methyl sites for hydroxylation is 1. The van der Waals surface area contributed by atoms with Gasteiger partial charge in [0.15, 0.2) is 6.61 Å². The molecule has 138 valence electrons. The topological polar surface area (TPSA) is 59.1 Å². The van der Waals surface area contributed by atoms with E-state index in [0.29, 0.717) is 32.8 Å². The summed E-state index contributed by atoms with van der Waals surface area (Å²) in [5.41, 5.74) is 3.22. The molecule has 25 heavy (non-hydrogen) atoms. The Morgan fingerprint density at radius 2 is 1.68 bits per heavy atom. The minimum absolute atomic E-state index is 0.000753. The fourth-order valence-corrected chi connectivity index (χ4v) is 3.16. The van der Waals surface area contributed by atoms with Crippen LogP contribution >= 0.6 is 15.9 Å². The second-order valence-electron chi connectivity index (χ2n) is 6.11. The van der Waals surface area contributed by atoms with Crippen LogP contribution in [0.1, 0.15) is 23.6 Å². The molecule has 0 unspecified atom stereocenters. The third-order valence-corrected chi connectivity index (χ3v) is 5.68. The summed E-state index contributed by atoms with van der Waals surface area (Å²) in [7, 11) is 0. The molecule has 0 saturated carbocycles. The molecule has 0 N–H and O–H groups in total. The molecule has 1 fully saturated rings. The molecule has 2 rings (SSSR count). The van der Waals surface area contributed by atoms with Crippen LogP contribution in [-0.2, 0) is 9.53 Å². The van der Waals surface area contributed by atoms with Crippen molar-refractivity contribution in [3.8, 4) is 5.75 Å². The molecule has 0 atom stereocenters. The molecular weight excluding hydrogens is 388 g/mol. The van der Waals surface area contributed by atoms with Crippen molar-refractivity contribution in [2.24, 2.45) is 0 Å². The van der Waals surface area contributed by atoms with Crippen molar-refractivity contribution in [1.82, 2.24) is 9.80 Å². The van der Waals surface area contributed by atoms with Gasteiger partial charge in [0.05, 0.1) is 6.61 Å². The number of piperazine rings is 1. The smallest absolute Gasteiger partial charge is 0.409 e. The van der Waals surface area contributed by atoms with E-state index in [1.54, 1.807) is 16.7 Å². The van der Waals surface area contributed by atoms with E-state index in [-0.39, 0.29) is 18.6 Å². The molecule has 1 saturated heterocycles. The van der Waals surface area contributed by atoms with Gasteiger partial charge in [0.2, 0.25) is 0 Å². The molecule has 2 amide bonds. The average Bonchev–Trinajstić information content (AvgIpc) is 2.62. The SMILES string of the molecule is CCOC(=O)N1CCN(C(=O)COc2cc(C)c(Br)c(C)c2C)CC1. The maximum Gasteiger partial charge on any atom is 0.409 e. The Morgan fingerprint density at radius 3 is 2.28 bits per heavy atom. The first-order chi connectivity index (χ1) is 11.8. The monoisotopic (exact) mass is 412 g/mol. The van der Waals surface area contributed by atoms with E-state index in [1.807, 2.05) is 26.8 Å². The zero-order valence-corrected chi connectivity index (χ0v) is 16.8. The lowest BCUT2D eigenvalue weighted by Crippen LogP contribution is -2.51. The van der Waals surface area contributed by atoms with Crippen LogP contribution in [0.4, 0.5) is 4.79 Å². The summed E-state index contributed by atoms with van der Waals surface area (Å²) in [4.78, 5) is 27.4. The number of carbonyl (C=O) groups excluding carboxylic acids is 2. The summed E-state index contributed by atoms with van der Waals surface area (Å²) in [6, 6.07) is 1.94. The van der Waals surface area contributed by atoms with Crippen LogP contribution in [0.3, 0.4) is 0 Å². The van der Waals surface area contributed by atoms with Gasteiger partial charge in [-0.05, 0) is 50.5 Å². The number of nitrogens with zero attached hydrogens (tertiary/aromatic N) is 2. The molecule has 1 heterocycles. The highest BCUT2D eigenvalue weighted by molar-refractivity contribution is 9.10. The first kappa shape index (κ1) is 19.6. The summed E-state index contributed by atoms with van der Waals surface area (Å²) in [5, 5.41) is 0. The molecular formula is C18H25BrN2O4. The molecule has 0 radical (unpaired) electrons. The predicted molar refractivity (Wildman–Crippen MR) is 99.0 cm³/mol. The van der Waals surface area contributed by atoms with E-state index in [9.17, 15) is 9.59 Å². The number of ether oxygens (including phenoxy) is 2. The van der Waals surface area contributed by atoms with Crippen LogP contribution in [0.2, 0.25) is 0 Å². The molecule has 1 aromatic rings. The predicted octanol–water partition coefficient (Wildman–Crippen LogP) is 3.05. The van der Waals surface area contributed by atoms with Crippen molar-refractivity contribution in [2.45, 2.75) is 27.7 Å². The van der Waals surface area contributed by atoms with E-state index in [0.717, 1.165) is 26.9 Å². The molecule has 7 heteroatoms. The number of carbonyl (C=O) groups is 2. The van der Waals surface area contributed by atoms with Gasteiger partial charge in [0.1, 0.15) is 5.75 Å². The van der Waals surface area contributed by atoms with Gasteiger partial charge < -0.3 is 19.3 Å². The Balaban J connectivity index is 1.89. The van der Waals surface area contributed by atoms with Crippen molar-refractivity contribution in [1.29, 1.82) is 0 Å². The lowest BCUT2D eigenvalue weighted by atomic mass is 10.1. The van der Waals surface area contributed by atoms with Crippen LogP contribution in [-0.4, -0.2) is 61.2 Å². The van der Waals surface area contributed by atoms with Gasteiger partial charge in [-0.2, -0.15) is 0 Å². The first-order valence-corrected chi connectivity index (χ1v) is 9.23. The summed E-state index contributed by atoms with van der Waals surface area (Å²) < 4.78 is 11.8. The second kappa shape index (κ2) is 8.56. The molecule has 1 aliphatic heterocycles. The van der Waals surface area contributed by atoms with Gasteiger partial charge in [-0.15, -0.1) is 0 Å². The minimum atomic E-state index is -0.317. The van der Waals surface area contributed by atoms with Crippen LogP contribution in [0, 0.1) is 20.8 Å². The second-order valence-corrected chi connectivity index (χ2v) is 6.90. The Labute approximate surface area is 157 Å². The number of amides is 2. The van der Waals surface area contributed by atoms with Crippen LogP contribution in [0.5, 0.6) is 5.75 Å². The van der Waals surface area contributed by atoms with E-state index in [4.69, 9.17) is 9.47 Å². The normalized spacial score (nSPS) is 14.4. The largest absolute Gasteiger partial charge is 0.483 e. The van der Waals surface area contributed by atoms with Crippen molar-refractivity contribution in [3.05, 3.63) is 27.2 Å². The maximum absolute atomic E-state index is 12.4. The number of hydrogen-bond acceptors (Lipinski definition) is 4. The van der Waals surface area contributed by atoms with Gasteiger partial charge in [-0.25, -0.2) is 4.79 Å². The third-order valence-electron chi connectivity index (χ3n) is 4.46. The van der Waals surface area contributed by atoms with Crippen molar-refractivity contribution >= 4 is 27.9 Å². The van der Waals surface area contributed by atoms with Gasteiger partial charge >= 0.3 is 6.09 Å². The highest BCUT2D eigenvalue weighted by Crippen LogP contribution is 2.31. The van der Waals surface area contributed by atoms with Crippen LogP contribution < -0.4 is 4.74 Å². The van der Waals surface area contributed by atoms with E-state index in [1.165, 1.54) is 0 Å². The van der Waals surface area contributed by atoms with Gasteiger partial charge in [0.25, 0.3) is 5.91 Å². The van der Waals surface area contributed by atoms with Gasteiger partial charge in [-0.3, -0.25) is 4.79 Å². The molecule has 6 nitrogen and oxygen atoms in total. The first-order valence-electron chi connectivity index (χ1n) is 8.43. The summed E-state index contributed by atoms with van der Waals surface area (Å²) in [5.74, 6) is 0.665. The lowest BCUT2D eigenvalue weighted by Gasteiger charge is -2.34. The Bertz CT molecular complexity index is 655. The zero-order valence-electron chi connectivity index (χ0n) is 15.2. The van der Waals surface area contributed by atoms with E-state index < -0.39 is 0 Å². The van der Waals surface area contributed by atoms with Crippen LogP contribution in [0.25, 0.3) is 0 Å². The summed E-state index contributed by atoms with van der Waals surface area (Å²) in [6.07, 6.45) is -0.317. The molecule has 1 aliphatic rings. The highest BCUT2D eigenvalue weighted by Gasteiger charge is 2.25. The fraction of sp³-hybridized carbons (Fsp3) is 0.556. The fourth-order valence-electron chi connectivity index (χ4n) is 2.75.